The molecular weight excluding hydrogens is 250 g/mol. The highest BCUT2D eigenvalue weighted by molar-refractivity contribution is 9.09. The second-order valence-electron chi connectivity index (χ2n) is 2.56. The van der Waals surface area contributed by atoms with E-state index in [0.717, 1.165) is 6.07 Å². The molecule has 0 aromatic heterocycles. The normalized spacial score (nSPS) is 10.6. The van der Waals surface area contributed by atoms with Gasteiger partial charge in [-0.05, 0) is 12.1 Å². The lowest BCUT2D eigenvalue weighted by molar-refractivity contribution is -0.385. The van der Waals surface area contributed by atoms with Crippen LogP contribution in [0.1, 0.15) is 5.56 Å². The number of benzene rings is 1. The third-order valence-corrected chi connectivity index (χ3v) is 1.97. The highest BCUT2D eigenvalue weighted by Crippen LogP contribution is 2.24. The Balaban J connectivity index is 3.15. The van der Waals surface area contributed by atoms with E-state index in [4.69, 9.17) is 5.11 Å². The van der Waals surface area contributed by atoms with Crippen molar-refractivity contribution in [2.24, 2.45) is 0 Å². The minimum atomic E-state index is -0.520. The highest BCUT2D eigenvalue weighted by atomic mass is 79.9. The first-order valence-corrected chi connectivity index (χ1v) is 4.97. The Morgan fingerprint density at radius 2 is 2.29 bits per heavy atom. The molecule has 74 valence electrons. The zero-order valence-corrected chi connectivity index (χ0v) is 8.77. The molecule has 0 atom stereocenters. The molecule has 4 nitrogen and oxygen atoms in total. The molecule has 0 saturated heterocycles. The minimum absolute atomic E-state index is 0.0952. The number of nitro groups is 1. The quantitative estimate of drug-likeness (QED) is 0.515. The summed E-state index contributed by atoms with van der Waals surface area (Å²) in [5.74, 6) is -0.104. The van der Waals surface area contributed by atoms with Crippen molar-refractivity contribution in [3.63, 3.8) is 0 Å². The van der Waals surface area contributed by atoms with Crippen molar-refractivity contribution < 1.29 is 10.0 Å². The largest absolute Gasteiger partial charge is 0.508 e. The molecule has 1 rings (SSSR count). The summed E-state index contributed by atoms with van der Waals surface area (Å²) in [5.41, 5.74) is 0.384. The number of aromatic hydroxyl groups is 1. The van der Waals surface area contributed by atoms with Crippen LogP contribution in [-0.4, -0.2) is 15.4 Å². The van der Waals surface area contributed by atoms with Gasteiger partial charge in [0, 0.05) is 5.33 Å². The molecule has 0 bridgehead atoms. The van der Waals surface area contributed by atoms with E-state index < -0.39 is 4.92 Å². The molecule has 0 radical (unpaired) electrons. The van der Waals surface area contributed by atoms with E-state index in [-0.39, 0.29) is 11.4 Å². The second kappa shape index (κ2) is 4.76. The molecule has 1 N–H and O–H groups in total. The zero-order chi connectivity index (χ0) is 10.6. The summed E-state index contributed by atoms with van der Waals surface area (Å²) < 4.78 is 0. The van der Waals surface area contributed by atoms with Crippen molar-refractivity contribution >= 4 is 27.7 Å². The molecule has 0 aliphatic rings. The molecule has 1 aromatic carbocycles. The monoisotopic (exact) mass is 257 g/mol. The number of hydrogen-bond donors (Lipinski definition) is 1. The van der Waals surface area contributed by atoms with Gasteiger partial charge in [0.05, 0.1) is 16.6 Å². The third-order valence-electron chi connectivity index (χ3n) is 1.60. The first-order valence-electron chi connectivity index (χ1n) is 3.85. The van der Waals surface area contributed by atoms with Gasteiger partial charge in [-0.2, -0.15) is 0 Å². The fourth-order valence-electron chi connectivity index (χ4n) is 1.00. The zero-order valence-electron chi connectivity index (χ0n) is 7.18. The van der Waals surface area contributed by atoms with Crippen molar-refractivity contribution in [1.29, 1.82) is 0 Å². The number of rotatable bonds is 3. The summed E-state index contributed by atoms with van der Waals surface area (Å²) in [5, 5.41) is 20.3. The third kappa shape index (κ3) is 2.56. The van der Waals surface area contributed by atoms with Crippen molar-refractivity contribution in [3.05, 3.63) is 40.0 Å². The standard InChI is InChI=1S/C9H8BrNO3/c10-5-1-2-7-3-4-8(12)6-9(7)11(13)14/h1-4,6,12H,5H2. The molecule has 0 spiro atoms. The molecule has 0 saturated carbocycles. The van der Waals surface area contributed by atoms with E-state index >= 15 is 0 Å². The maximum atomic E-state index is 10.6. The lowest BCUT2D eigenvalue weighted by Crippen LogP contribution is -1.90. The maximum Gasteiger partial charge on any atom is 0.280 e. The van der Waals surface area contributed by atoms with E-state index in [1.54, 1.807) is 12.2 Å². The molecule has 0 fully saturated rings. The number of allylic oxidation sites excluding steroid dienone is 1. The van der Waals surface area contributed by atoms with Gasteiger partial charge in [0.2, 0.25) is 0 Å². The summed E-state index contributed by atoms with van der Waals surface area (Å²) in [4.78, 5) is 10.1. The minimum Gasteiger partial charge on any atom is -0.508 e. The molecule has 14 heavy (non-hydrogen) atoms. The number of halogens is 1. The fourth-order valence-corrected chi connectivity index (χ4v) is 1.19. The van der Waals surface area contributed by atoms with Gasteiger partial charge in [0.25, 0.3) is 5.69 Å². The molecule has 1 aromatic rings. The van der Waals surface area contributed by atoms with Gasteiger partial charge in [-0.3, -0.25) is 10.1 Å². The van der Waals surface area contributed by atoms with Crippen LogP contribution < -0.4 is 0 Å². The number of hydrogen-bond acceptors (Lipinski definition) is 3. The van der Waals surface area contributed by atoms with Crippen LogP contribution in [0.4, 0.5) is 5.69 Å². The fraction of sp³-hybridized carbons (Fsp3) is 0.111. The first kappa shape index (κ1) is 10.7. The Bertz CT molecular complexity index is 376. The van der Waals surface area contributed by atoms with Crippen molar-refractivity contribution in [3.8, 4) is 5.75 Å². The highest BCUT2D eigenvalue weighted by Gasteiger charge is 2.11. The lowest BCUT2D eigenvalue weighted by Gasteiger charge is -1.97. The van der Waals surface area contributed by atoms with Crippen LogP contribution in [-0.2, 0) is 0 Å². The van der Waals surface area contributed by atoms with Crippen LogP contribution in [0.15, 0.2) is 24.3 Å². The number of phenolic OH excluding ortho intramolecular Hbond substituents is 1. The maximum absolute atomic E-state index is 10.6. The molecule has 0 unspecified atom stereocenters. The van der Waals surface area contributed by atoms with Crippen LogP contribution in [0.3, 0.4) is 0 Å². The van der Waals surface area contributed by atoms with E-state index in [1.165, 1.54) is 12.1 Å². The van der Waals surface area contributed by atoms with Crippen molar-refractivity contribution in [1.82, 2.24) is 0 Å². The van der Waals surface area contributed by atoms with Crippen molar-refractivity contribution in [2.45, 2.75) is 0 Å². The van der Waals surface area contributed by atoms with Gasteiger partial charge >= 0.3 is 0 Å². The summed E-state index contributed by atoms with van der Waals surface area (Å²) in [6, 6.07) is 4.06. The first-order chi connectivity index (χ1) is 6.65. The number of nitrogens with zero attached hydrogens (tertiary/aromatic N) is 1. The Morgan fingerprint density at radius 1 is 1.57 bits per heavy atom. The SMILES string of the molecule is O=[N+]([O-])c1cc(O)ccc1C=CCBr. The lowest BCUT2D eigenvalue weighted by atomic mass is 10.1. The topological polar surface area (TPSA) is 63.4 Å². The van der Waals surface area contributed by atoms with Gasteiger partial charge in [-0.15, -0.1) is 0 Å². The van der Waals surface area contributed by atoms with Crippen LogP contribution >= 0.6 is 15.9 Å². The van der Waals surface area contributed by atoms with E-state index in [9.17, 15) is 10.1 Å². The molecule has 0 amide bonds. The Morgan fingerprint density at radius 3 is 2.86 bits per heavy atom. The predicted octanol–water partition coefficient (Wildman–Crippen LogP) is 2.71. The Kier molecular flexibility index (Phi) is 3.64. The average Bonchev–Trinajstić information content (AvgIpc) is 2.15. The summed E-state index contributed by atoms with van der Waals surface area (Å²) in [6.07, 6.45) is 3.38. The van der Waals surface area contributed by atoms with Crippen LogP contribution in [0.5, 0.6) is 5.75 Å². The van der Waals surface area contributed by atoms with Gasteiger partial charge in [-0.25, -0.2) is 0 Å². The Labute approximate surface area is 89.2 Å². The second-order valence-corrected chi connectivity index (χ2v) is 3.20. The molecule has 0 aliphatic heterocycles. The number of nitro benzene ring substituents is 1. The van der Waals surface area contributed by atoms with Crippen molar-refractivity contribution in [2.75, 3.05) is 5.33 Å². The predicted molar refractivity (Wildman–Crippen MR) is 57.6 cm³/mol. The molecule has 5 heteroatoms. The van der Waals surface area contributed by atoms with E-state index in [2.05, 4.69) is 15.9 Å². The number of alkyl halides is 1. The van der Waals surface area contributed by atoms with Crippen LogP contribution in [0.2, 0.25) is 0 Å². The molecule has 0 aliphatic carbocycles. The van der Waals surface area contributed by atoms with Gasteiger partial charge < -0.3 is 5.11 Å². The van der Waals surface area contributed by atoms with E-state index in [1.807, 2.05) is 0 Å². The Hall–Kier alpha value is -1.36. The van der Waals surface area contributed by atoms with Crippen LogP contribution in [0.25, 0.3) is 6.08 Å². The van der Waals surface area contributed by atoms with E-state index in [0.29, 0.717) is 10.9 Å². The smallest absolute Gasteiger partial charge is 0.280 e. The molecular formula is C9H8BrNO3. The van der Waals surface area contributed by atoms with Gasteiger partial charge in [-0.1, -0.05) is 28.1 Å². The number of phenols is 1. The van der Waals surface area contributed by atoms with Gasteiger partial charge in [0.15, 0.2) is 0 Å². The van der Waals surface area contributed by atoms with Crippen LogP contribution in [0, 0.1) is 10.1 Å². The molecule has 0 heterocycles. The summed E-state index contributed by atoms with van der Waals surface area (Å²) >= 11 is 3.18. The van der Waals surface area contributed by atoms with Gasteiger partial charge in [0.1, 0.15) is 5.75 Å². The summed E-state index contributed by atoms with van der Waals surface area (Å²) in [6.45, 7) is 0. The summed E-state index contributed by atoms with van der Waals surface area (Å²) in [7, 11) is 0. The average molecular weight is 258 g/mol.